The van der Waals surface area contributed by atoms with E-state index in [1.165, 1.54) is 16.3 Å². The molecule has 3 heterocycles. The summed E-state index contributed by atoms with van der Waals surface area (Å²) in [5.41, 5.74) is 8.07. The van der Waals surface area contributed by atoms with Crippen molar-refractivity contribution in [3.63, 3.8) is 0 Å². The molecule has 3 nitrogen and oxygen atoms in total. The Morgan fingerprint density at radius 3 is 2.32 bits per heavy atom. The van der Waals surface area contributed by atoms with Crippen LogP contribution in [-0.2, 0) is 20.1 Å². The Kier molecular flexibility index (Phi) is 8.50. The van der Waals surface area contributed by atoms with E-state index in [9.17, 15) is 0 Å². The molecule has 0 atom stereocenters. The summed E-state index contributed by atoms with van der Waals surface area (Å²) in [4.78, 5) is 8.91. The Labute approximate surface area is 233 Å². The van der Waals surface area contributed by atoms with E-state index in [1.54, 1.807) is 0 Å². The fourth-order valence-corrected chi connectivity index (χ4v) is 4.90. The molecule has 0 spiro atoms. The van der Waals surface area contributed by atoms with Gasteiger partial charge in [-0.2, -0.15) is 0 Å². The van der Waals surface area contributed by atoms with Gasteiger partial charge in [0.1, 0.15) is 11.2 Å². The van der Waals surface area contributed by atoms with E-state index in [1.807, 2.05) is 67.8 Å². The Morgan fingerprint density at radius 2 is 1.59 bits per heavy atom. The number of furan rings is 1. The van der Waals surface area contributed by atoms with Gasteiger partial charge >= 0.3 is 0 Å². The van der Waals surface area contributed by atoms with Crippen molar-refractivity contribution in [2.75, 3.05) is 0 Å². The second-order valence-corrected chi connectivity index (χ2v) is 11.7. The number of aromatic nitrogens is 2. The van der Waals surface area contributed by atoms with E-state index in [-0.39, 0.29) is 20.1 Å². The molecule has 3 aromatic carbocycles. The third-order valence-corrected chi connectivity index (χ3v) is 7.55. The second-order valence-electron chi connectivity index (χ2n) is 9.13. The molecule has 186 valence electrons. The van der Waals surface area contributed by atoms with E-state index in [4.69, 9.17) is 4.42 Å². The molecule has 37 heavy (non-hydrogen) atoms. The van der Waals surface area contributed by atoms with Crippen molar-refractivity contribution in [2.24, 2.45) is 0 Å². The molecular formula is C32H27IrN2OSi-2. The van der Waals surface area contributed by atoms with Crippen LogP contribution >= 0.6 is 0 Å². The van der Waals surface area contributed by atoms with E-state index >= 15 is 0 Å². The number of para-hydroxylation sites is 1. The van der Waals surface area contributed by atoms with Crippen LogP contribution in [0.3, 0.4) is 0 Å². The molecule has 0 aliphatic carbocycles. The van der Waals surface area contributed by atoms with Gasteiger partial charge in [0.05, 0.1) is 8.80 Å². The van der Waals surface area contributed by atoms with Crippen molar-refractivity contribution in [3.05, 3.63) is 115 Å². The molecule has 0 aliphatic heterocycles. The molecule has 2 radical (unpaired) electrons. The fraction of sp³-hybridized carbons (Fsp3) is 0.125. The van der Waals surface area contributed by atoms with Crippen molar-refractivity contribution < 1.29 is 24.5 Å². The van der Waals surface area contributed by atoms with Crippen molar-refractivity contribution in [1.82, 2.24) is 9.97 Å². The SMILES string of the molecule is C[Si](C)c1cc[c-]c(-c2nccc3c2oc2ccccc23)c1.Cc1c[c-]c(-c2ccc(C)cn2)cc1.[Ir]. The van der Waals surface area contributed by atoms with Crippen molar-refractivity contribution in [3.8, 4) is 22.5 Å². The van der Waals surface area contributed by atoms with Gasteiger partial charge in [0.15, 0.2) is 0 Å². The monoisotopic (exact) mass is 676 g/mol. The predicted molar refractivity (Wildman–Crippen MR) is 151 cm³/mol. The number of hydrogen-bond donors (Lipinski definition) is 0. The molecule has 6 rings (SSSR count). The van der Waals surface area contributed by atoms with Crippen LogP contribution in [0, 0.1) is 26.0 Å². The molecule has 0 saturated heterocycles. The zero-order chi connectivity index (χ0) is 25.1. The van der Waals surface area contributed by atoms with Crippen LogP contribution in [0.4, 0.5) is 0 Å². The van der Waals surface area contributed by atoms with Gasteiger partial charge in [0.2, 0.25) is 0 Å². The molecule has 0 bridgehead atoms. The molecule has 0 saturated carbocycles. The van der Waals surface area contributed by atoms with Crippen LogP contribution in [0.5, 0.6) is 0 Å². The van der Waals surface area contributed by atoms with Gasteiger partial charge in [-0.25, -0.2) is 0 Å². The topological polar surface area (TPSA) is 38.9 Å². The van der Waals surface area contributed by atoms with Crippen LogP contribution in [0.15, 0.2) is 95.7 Å². The Balaban J connectivity index is 0.000000186. The average molecular weight is 676 g/mol. The quantitative estimate of drug-likeness (QED) is 0.144. The van der Waals surface area contributed by atoms with Gasteiger partial charge in [-0.15, -0.1) is 70.4 Å². The molecule has 0 unspecified atom stereocenters. The van der Waals surface area contributed by atoms with Crippen molar-refractivity contribution >= 4 is 35.9 Å². The molecule has 0 aliphatic rings. The third kappa shape index (κ3) is 5.96. The molecule has 5 heteroatoms. The molecule has 0 fully saturated rings. The molecule has 3 aromatic heterocycles. The summed E-state index contributed by atoms with van der Waals surface area (Å²) >= 11 is 0. The summed E-state index contributed by atoms with van der Waals surface area (Å²) in [6.07, 6.45) is 3.73. The van der Waals surface area contributed by atoms with Crippen molar-refractivity contribution in [2.45, 2.75) is 26.9 Å². The third-order valence-electron chi connectivity index (χ3n) is 6.08. The van der Waals surface area contributed by atoms with Crippen molar-refractivity contribution in [1.29, 1.82) is 0 Å². The zero-order valence-electron chi connectivity index (χ0n) is 21.3. The minimum absolute atomic E-state index is 0. The number of nitrogens with zero attached hydrogens (tertiary/aromatic N) is 2. The first kappa shape index (κ1) is 26.7. The molecule has 0 N–H and O–H groups in total. The van der Waals surface area contributed by atoms with E-state index in [2.05, 4.69) is 72.5 Å². The zero-order valence-corrected chi connectivity index (χ0v) is 24.7. The van der Waals surface area contributed by atoms with Gasteiger partial charge in [-0.05, 0) is 30.3 Å². The van der Waals surface area contributed by atoms with Crippen LogP contribution in [0.25, 0.3) is 44.5 Å². The molecular weight excluding hydrogens is 649 g/mol. The minimum Gasteiger partial charge on any atom is -0.464 e. The van der Waals surface area contributed by atoms with Gasteiger partial charge < -0.3 is 14.4 Å². The van der Waals surface area contributed by atoms with Crippen LogP contribution in [0.1, 0.15) is 11.1 Å². The maximum atomic E-state index is 6.06. The number of pyridine rings is 2. The normalized spacial score (nSPS) is 10.7. The Hall–Kier alpha value is -3.37. The fourth-order valence-electron chi connectivity index (χ4n) is 4.05. The summed E-state index contributed by atoms with van der Waals surface area (Å²) < 4.78 is 6.06. The number of hydrogen-bond acceptors (Lipinski definition) is 3. The first-order valence-electron chi connectivity index (χ1n) is 12.0. The molecule has 0 amide bonds. The van der Waals surface area contributed by atoms with Crippen LogP contribution in [-0.4, -0.2) is 18.8 Å². The van der Waals surface area contributed by atoms with Gasteiger partial charge in [-0.3, -0.25) is 0 Å². The maximum absolute atomic E-state index is 6.06. The Morgan fingerprint density at radius 1 is 0.784 bits per heavy atom. The van der Waals surface area contributed by atoms with Crippen LogP contribution < -0.4 is 5.19 Å². The average Bonchev–Trinajstić information content (AvgIpc) is 3.29. The van der Waals surface area contributed by atoms with Gasteiger partial charge in [-0.1, -0.05) is 50.3 Å². The molecule has 6 aromatic rings. The summed E-state index contributed by atoms with van der Waals surface area (Å²) in [5.74, 6) is 0. The van der Waals surface area contributed by atoms with E-state index in [0.717, 1.165) is 44.5 Å². The predicted octanol–water partition coefficient (Wildman–Crippen LogP) is 7.57. The Bertz CT molecular complexity index is 1580. The smallest absolute Gasteiger partial charge is 0.134 e. The minimum atomic E-state index is -0.497. The second kappa shape index (κ2) is 11.8. The standard InChI is InChI=1S/C19H15NOSi.C13H12N.Ir/c1-22(2)14-7-5-6-13(12-14)18-19-16(10-11-20-18)15-8-3-4-9-17(15)21-19;1-10-3-6-12(7-4-10)13-8-5-11(2)9-14-13;/h3-5,7-12H,1-2H3;3-6,8-9H,1-2H3;/q2*-1;. The first-order chi connectivity index (χ1) is 17.5. The summed E-state index contributed by atoms with van der Waals surface area (Å²) in [5, 5.41) is 3.62. The van der Waals surface area contributed by atoms with Gasteiger partial charge in [0, 0.05) is 49.0 Å². The number of rotatable bonds is 3. The first-order valence-corrected chi connectivity index (χ1v) is 14.5. The summed E-state index contributed by atoms with van der Waals surface area (Å²) in [6, 6.07) is 33.2. The largest absolute Gasteiger partial charge is 0.464 e. The van der Waals surface area contributed by atoms with E-state index in [0.29, 0.717) is 0 Å². The van der Waals surface area contributed by atoms with Crippen LogP contribution in [0.2, 0.25) is 13.1 Å². The number of fused-ring (bicyclic) bond motifs is 3. The summed E-state index contributed by atoms with van der Waals surface area (Å²) in [7, 11) is -0.497. The summed E-state index contributed by atoms with van der Waals surface area (Å²) in [6.45, 7) is 8.68. The van der Waals surface area contributed by atoms with E-state index < -0.39 is 8.80 Å². The maximum Gasteiger partial charge on any atom is 0.134 e. The number of benzene rings is 3. The van der Waals surface area contributed by atoms with Gasteiger partial charge in [0.25, 0.3) is 0 Å². The number of aryl methyl sites for hydroxylation is 2.